The lowest BCUT2D eigenvalue weighted by molar-refractivity contribution is -0.121. The van der Waals surface area contributed by atoms with Crippen molar-refractivity contribution >= 4 is 23.2 Å². The topological polar surface area (TPSA) is 74.5 Å². The van der Waals surface area contributed by atoms with Gasteiger partial charge in [0.05, 0.1) is 12.1 Å². The molecule has 2 atom stereocenters. The van der Waals surface area contributed by atoms with Crippen molar-refractivity contribution in [3.05, 3.63) is 65.0 Å². The average Bonchev–Trinajstić information content (AvgIpc) is 3.31. The minimum atomic E-state index is -0.997. The third-order valence-electron chi connectivity index (χ3n) is 5.91. The van der Waals surface area contributed by atoms with Crippen molar-refractivity contribution in [1.82, 2.24) is 19.9 Å². The highest BCUT2D eigenvalue weighted by atomic mass is 35.5. The lowest BCUT2D eigenvalue weighted by Crippen LogP contribution is -2.53. The third kappa shape index (κ3) is 5.38. The molecule has 4 rings (SSSR count). The van der Waals surface area contributed by atoms with Crippen LogP contribution >= 0.6 is 11.6 Å². The predicted molar refractivity (Wildman–Crippen MR) is 121 cm³/mol. The van der Waals surface area contributed by atoms with Gasteiger partial charge < -0.3 is 9.84 Å². The highest BCUT2D eigenvalue weighted by molar-refractivity contribution is 6.30. The van der Waals surface area contributed by atoms with E-state index >= 15 is 0 Å². The van der Waals surface area contributed by atoms with Crippen molar-refractivity contribution in [3.63, 3.8) is 0 Å². The molecule has 1 aliphatic rings. The number of nitrogens with one attached hydrogen (secondary N) is 1. The number of carbonyl (C=O) groups excluding carboxylic acids is 1. The third-order valence-corrected chi connectivity index (χ3v) is 6.16. The van der Waals surface area contributed by atoms with E-state index in [1.807, 2.05) is 24.0 Å². The molecule has 1 aromatic heterocycles. The summed E-state index contributed by atoms with van der Waals surface area (Å²) >= 11 is 5.93. The first kappa shape index (κ1) is 23.3. The lowest BCUT2D eigenvalue weighted by Gasteiger charge is -2.39. The van der Waals surface area contributed by atoms with E-state index in [0.717, 1.165) is 17.7 Å². The Morgan fingerprint density at radius 2 is 1.70 bits per heavy atom. The number of hydrogen-bond acceptors (Lipinski definition) is 6. The Hall–Kier alpha value is -2.88. The molecule has 2 heterocycles. The number of hydrogen-bond donors (Lipinski definition) is 1. The number of piperazine rings is 1. The van der Waals surface area contributed by atoms with E-state index in [1.165, 1.54) is 6.07 Å². The average molecular weight is 476 g/mol. The monoisotopic (exact) mass is 475 g/mol. The van der Waals surface area contributed by atoms with Crippen LogP contribution < -0.4 is 5.32 Å². The van der Waals surface area contributed by atoms with Gasteiger partial charge in [0.1, 0.15) is 0 Å². The molecule has 1 fully saturated rings. The summed E-state index contributed by atoms with van der Waals surface area (Å²) in [6.07, 6.45) is 0. The van der Waals surface area contributed by atoms with Crippen LogP contribution in [-0.2, 0) is 4.79 Å². The number of anilines is 1. The summed E-state index contributed by atoms with van der Waals surface area (Å²) < 4.78 is 32.0. The van der Waals surface area contributed by atoms with Gasteiger partial charge in [-0.25, -0.2) is 8.78 Å². The van der Waals surface area contributed by atoms with Crippen LogP contribution in [0.3, 0.4) is 0 Å². The van der Waals surface area contributed by atoms with Gasteiger partial charge in [0.25, 0.3) is 0 Å². The van der Waals surface area contributed by atoms with E-state index in [-0.39, 0.29) is 17.6 Å². The summed E-state index contributed by atoms with van der Waals surface area (Å²) in [6.45, 7) is 6.55. The van der Waals surface area contributed by atoms with Crippen LogP contribution in [0.2, 0.25) is 5.02 Å². The first-order valence-corrected chi connectivity index (χ1v) is 11.0. The van der Waals surface area contributed by atoms with E-state index in [9.17, 15) is 13.6 Å². The first-order chi connectivity index (χ1) is 15.8. The largest absolute Gasteiger partial charge is 0.337 e. The summed E-state index contributed by atoms with van der Waals surface area (Å²) in [5.74, 6) is -1.18. The summed E-state index contributed by atoms with van der Waals surface area (Å²) in [4.78, 5) is 21.4. The minimum Gasteiger partial charge on any atom is -0.337 e. The highest BCUT2D eigenvalue weighted by Gasteiger charge is 2.30. The van der Waals surface area contributed by atoms with E-state index < -0.39 is 17.7 Å². The van der Waals surface area contributed by atoms with Crippen LogP contribution in [0.15, 0.2) is 47.0 Å². The molecule has 0 bridgehead atoms. The second-order valence-electron chi connectivity index (χ2n) is 8.01. The van der Waals surface area contributed by atoms with Crippen molar-refractivity contribution < 1.29 is 18.1 Å². The maximum Gasteiger partial charge on any atom is 0.244 e. The van der Waals surface area contributed by atoms with Crippen LogP contribution in [0.25, 0.3) is 11.4 Å². The molecular weight excluding hydrogens is 452 g/mol. The van der Waals surface area contributed by atoms with Crippen molar-refractivity contribution in [2.24, 2.45) is 0 Å². The van der Waals surface area contributed by atoms with Crippen LogP contribution in [-0.4, -0.2) is 58.1 Å². The molecular formula is C23H24ClF2N5O2. The molecule has 1 saturated heterocycles. The van der Waals surface area contributed by atoms with Crippen molar-refractivity contribution in [2.75, 3.05) is 31.5 Å². The van der Waals surface area contributed by atoms with Crippen LogP contribution in [0.4, 0.5) is 14.5 Å². The number of carbonyl (C=O) groups is 1. The fraction of sp³-hybridized carbons (Fsp3) is 0.348. The van der Waals surface area contributed by atoms with Gasteiger partial charge in [-0.05, 0) is 50.2 Å². The Kier molecular flexibility index (Phi) is 7.02. The molecule has 174 valence electrons. The molecule has 0 unspecified atom stereocenters. The molecule has 0 aliphatic carbocycles. The minimum absolute atomic E-state index is 0.0768. The molecule has 0 saturated carbocycles. The standard InChI is InChI=1S/C23H24ClF2N5O2/c1-14(22(32)27-18-7-8-19(25)20(26)13-18)30-9-11-31(12-10-30)15(2)23-28-21(29-33-23)16-3-5-17(24)6-4-16/h3-8,13-15H,9-12H2,1-2H3,(H,27,32)/t14-,15+/m1/s1. The number of aromatic nitrogens is 2. The Labute approximate surface area is 195 Å². The zero-order valence-electron chi connectivity index (χ0n) is 18.3. The number of nitrogens with zero attached hydrogens (tertiary/aromatic N) is 4. The fourth-order valence-corrected chi connectivity index (χ4v) is 3.90. The molecule has 2 aromatic carbocycles. The molecule has 1 amide bonds. The zero-order chi connectivity index (χ0) is 23.5. The van der Waals surface area contributed by atoms with E-state index in [2.05, 4.69) is 20.4 Å². The molecule has 1 aliphatic heterocycles. The van der Waals surface area contributed by atoms with Gasteiger partial charge in [0.15, 0.2) is 11.6 Å². The van der Waals surface area contributed by atoms with Crippen LogP contribution in [0, 0.1) is 11.6 Å². The Morgan fingerprint density at radius 1 is 1.03 bits per heavy atom. The highest BCUT2D eigenvalue weighted by Crippen LogP contribution is 2.25. The maximum absolute atomic E-state index is 13.4. The van der Waals surface area contributed by atoms with Gasteiger partial charge >= 0.3 is 0 Å². The van der Waals surface area contributed by atoms with Crippen LogP contribution in [0.5, 0.6) is 0 Å². The molecule has 0 radical (unpaired) electrons. The van der Waals surface area contributed by atoms with E-state index in [0.29, 0.717) is 42.9 Å². The van der Waals surface area contributed by atoms with Gasteiger partial charge in [0.2, 0.25) is 17.6 Å². The second kappa shape index (κ2) is 9.94. The number of halogens is 3. The smallest absolute Gasteiger partial charge is 0.244 e. The summed E-state index contributed by atoms with van der Waals surface area (Å²) in [5.41, 5.74) is 1.05. The lowest BCUT2D eigenvalue weighted by atomic mass is 10.1. The number of benzene rings is 2. The normalized spacial score (nSPS) is 17.0. The zero-order valence-corrected chi connectivity index (χ0v) is 19.0. The SMILES string of the molecule is C[C@H](C(=O)Nc1ccc(F)c(F)c1)N1CCN([C@@H](C)c2nc(-c3ccc(Cl)cc3)no2)CC1. The quantitative estimate of drug-likeness (QED) is 0.570. The molecule has 0 spiro atoms. The van der Waals surface area contributed by atoms with E-state index in [1.54, 1.807) is 19.1 Å². The molecule has 33 heavy (non-hydrogen) atoms. The maximum atomic E-state index is 13.4. The van der Waals surface area contributed by atoms with Gasteiger partial charge in [0, 0.05) is 48.5 Å². The molecule has 3 aromatic rings. The fourth-order valence-electron chi connectivity index (χ4n) is 3.78. The van der Waals surface area contributed by atoms with Gasteiger partial charge in [-0.2, -0.15) is 4.98 Å². The molecule has 7 nitrogen and oxygen atoms in total. The van der Waals surface area contributed by atoms with Gasteiger partial charge in [-0.3, -0.25) is 14.6 Å². The Balaban J connectivity index is 1.32. The van der Waals surface area contributed by atoms with Crippen molar-refractivity contribution in [1.29, 1.82) is 0 Å². The summed E-state index contributed by atoms with van der Waals surface area (Å²) in [5, 5.41) is 7.37. The molecule has 10 heteroatoms. The van der Waals surface area contributed by atoms with E-state index in [4.69, 9.17) is 16.1 Å². The Bertz CT molecular complexity index is 1120. The summed E-state index contributed by atoms with van der Waals surface area (Å²) in [6, 6.07) is 10.0. The number of amides is 1. The first-order valence-electron chi connectivity index (χ1n) is 10.7. The predicted octanol–water partition coefficient (Wildman–Crippen LogP) is 4.37. The Morgan fingerprint density at radius 3 is 2.36 bits per heavy atom. The van der Waals surface area contributed by atoms with Crippen LogP contribution in [0.1, 0.15) is 25.8 Å². The summed E-state index contributed by atoms with van der Waals surface area (Å²) in [7, 11) is 0. The van der Waals surface area contributed by atoms with Crippen molar-refractivity contribution in [3.8, 4) is 11.4 Å². The van der Waals surface area contributed by atoms with Gasteiger partial charge in [-0.15, -0.1) is 0 Å². The molecule has 1 N–H and O–H groups in total. The van der Waals surface area contributed by atoms with Gasteiger partial charge in [-0.1, -0.05) is 16.8 Å². The van der Waals surface area contributed by atoms with Crippen molar-refractivity contribution in [2.45, 2.75) is 25.9 Å². The second-order valence-corrected chi connectivity index (χ2v) is 8.44. The number of rotatable bonds is 6.